The van der Waals surface area contributed by atoms with Crippen LogP contribution in [0.5, 0.6) is 0 Å². The number of hydrogen-bond donors (Lipinski definition) is 2. The molecular weight excluding hydrogens is 120 g/mol. The van der Waals surface area contributed by atoms with E-state index in [1.165, 1.54) is 0 Å². The Kier molecular flexibility index (Phi) is 2.51. The van der Waals surface area contributed by atoms with Crippen LogP contribution in [0.4, 0.5) is 0 Å². The molecule has 9 heavy (non-hydrogen) atoms. The minimum atomic E-state index is -1.11. The molecule has 0 fully saturated rings. The molecule has 0 spiro atoms. The standard InChI is InChI=1S/C6H8O3/c1-4(6(8)9)3-5(2)7/h7H,1-3H2,(H,8,9). The molecule has 0 aliphatic carbocycles. The van der Waals surface area contributed by atoms with Crippen molar-refractivity contribution in [2.75, 3.05) is 0 Å². The van der Waals surface area contributed by atoms with Crippen molar-refractivity contribution in [3.8, 4) is 0 Å². The largest absolute Gasteiger partial charge is 0.513 e. The summed E-state index contributed by atoms with van der Waals surface area (Å²) in [7, 11) is 0. The number of carboxylic acid groups (broad SMARTS) is 1. The second kappa shape index (κ2) is 2.91. The normalized spacial score (nSPS) is 8.44. The molecule has 0 unspecified atom stereocenters. The van der Waals surface area contributed by atoms with E-state index in [-0.39, 0.29) is 17.8 Å². The Bertz CT molecular complexity index is 158. The lowest BCUT2D eigenvalue weighted by Gasteiger charge is -1.95. The average Bonchev–Trinajstić information content (AvgIpc) is 1.63. The quantitative estimate of drug-likeness (QED) is 0.441. The Labute approximate surface area is 52.9 Å². The summed E-state index contributed by atoms with van der Waals surface area (Å²) in [5, 5.41) is 16.6. The summed E-state index contributed by atoms with van der Waals surface area (Å²) in [6.07, 6.45) is -0.0602. The van der Waals surface area contributed by atoms with Gasteiger partial charge >= 0.3 is 5.97 Å². The van der Waals surface area contributed by atoms with Crippen LogP contribution >= 0.6 is 0 Å². The zero-order valence-electron chi connectivity index (χ0n) is 4.92. The van der Waals surface area contributed by atoms with E-state index in [4.69, 9.17) is 10.2 Å². The van der Waals surface area contributed by atoms with Gasteiger partial charge in [0.25, 0.3) is 0 Å². The van der Waals surface area contributed by atoms with Gasteiger partial charge in [-0.15, -0.1) is 0 Å². The van der Waals surface area contributed by atoms with E-state index in [0.717, 1.165) is 0 Å². The van der Waals surface area contributed by atoms with Crippen LogP contribution in [0, 0.1) is 0 Å². The molecule has 0 heterocycles. The van der Waals surface area contributed by atoms with Gasteiger partial charge in [0.15, 0.2) is 0 Å². The fourth-order valence-corrected chi connectivity index (χ4v) is 0.322. The van der Waals surface area contributed by atoms with Crippen molar-refractivity contribution >= 4 is 5.97 Å². The number of carboxylic acids is 1. The molecule has 0 aliphatic rings. The maximum absolute atomic E-state index is 9.98. The molecular formula is C6H8O3. The van der Waals surface area contributed by atoms with Gasteiger partial charge in [-0.1, -0.05) is 13.2 Å². The molecule has 3 nitrogen and oxygen atoms in total. The van der Waals surface area contributed by atoms with Crippen molar-refractivity contribution in [2.24, 2.45) is 0 Å². The molecule has 0 aromatic carbocycles. The molecule has 0 saturated carbocycles. The predicted octanol–water partition coefficient (Wildman–Crippen LogP) is 1.09. The van der Waals surface area contributed by atoms with Crippen molar-refractivity contribution in [3.63, 3.8) is 0 Å². The predicted molar refractivity (Wildman–Crippen MR) is 33.2 cm³/mol. The number of aliphatic hydroxyl groups excluding tert-OH is 1. The van der Waals surface area contributed by atoms with Gasteiger partial charge in [-0.05, 0) is 0 Å². The van der Waals surface area contributed by atoms with E-state index in [0.29, 0.717) is 0 Å². The van der Waals surface area contributed by atoms with Crippen molar-refractivity contribution in [2.45, 2.75) is 6.42 Å². The zero-order valence-corrected chi connectivity index (χ0v) is 4.92. The highest BCUT2D eigenvalue weighted by Crippen LogP contribution is 2.02. The number of aliphatic carboxylic acids is 1. The van der Waals surface area contributed by atoms with Crippen molar-refractivity contribution in [3.05, 3.63) is 24.5 Å². The summed E-state index contributed by atoms with van der Waals surface area (Å²) in [6, 6.07) is 0. The summed E-state index contributed by atoms with van der Waals surface area (Å²) < 4.78 is 0. The number of hydrogen-bond acceptors (Lipinski definition) is 2. The van der Waals surface area contributed by atoms with Crippen LogP contribution < -0.4 is 0 Å². The van der Waals surface area contributed by atoms with E-state index in [2.05, 4.69) is 13.2 Å². The second-order valence-electron chi connectivity index (χ2n) is 1.65. The highest BCUT2D eigenvalue weighted by atomic mass is 16.4. The summed E-state index contributed by atoms with van der Waals surface area (Å²) in [4.78, 5) is 9.98. The van der Waals surface area contributed by atoms with Crippen molar-refractivity contribution in [1.82, 2.24) is 0 Å². The average molecular weight is 128 g/mol. The van der Waals surface area contributed by atoms with Crippen LogP contribution in [0.2, 0.25) is 0 Å². The maximum Gasteiger partial charge on any atom is 0.331 e. The summed E-state index contributed by atoms with van der Waals surface area (Å²) in [5.41, 5.74) is -0.0532. The summed E-state index contributed by atoms with van der Waals surface area (Å²) >= 11 is 0. The van der Waals surface area contributed by atoms with Gasteiger partial charge in [0.1, 0.15) is 0 Å². The Hall–Kier alpha value is -1.25. The SMILES string of the molecule is C=C(O)CC(=C)C(=O)O. The molecule has 0 aromatic heterocycles. The Morgan fingerprint density at radius 3 is 1.89 bits per heavy atom. The van der Waals surface area contributed by atoms with Gasteiger partial charge in [0.2, 0.25) is 0 Å². The van der Waals surface area contributed by atoms with Crippen LogP contribution in [0.1, 0.15) is 6.42 Å². The molecule has 0 amide bonds. The Morgan fingerprint density at radius 2 is 1.78 bits per heavy atom. The van der Waals surface area contributed by atoms with E-state index in [9.17, 15) is 4.79 Å². The molecule has 0 radical (unpaired) electrons. The van der Waals surface area contributed by atoms with Gasteiger partial charge in [0.05, 0.1) is 5.76 Å². The number of aliphatic hydroxyl groups is 1. The fourth-order valence-electron chi connectivity index (χ4n) is 0.322. The van der Waals surface area contributed by atoms with Crippen LogP contribution in [-0.2, 0) is 4.79 Å². The number of rotatable bonds is 3. The first-order valence-corrected chi connectivity index (χ1v) is 2.32. The molecule has 0 aliphatic heterocycles. The van der Waals surface area contributed by atoms with Gasteiger partial charge < -0.3 is 10.2 Å². The van der Waals surface area contributed by atoms with E-state index in [1.54, 1.807) is 0 Å². The molecule has 3 heteroatoms. The van der Waals surface area contributed by atoms with Gasteiger partial charge in [-0.3, -0.25) is 0 Å². The first kappa shape index (κ1) is 7.75. The lowest BCUT2D eigenvalue weighted by atomic mass is 10.2. The minimum absolute atomic E-state index is 0.0532. The molecule has 0 bridgehead atoms. The maximum atomic E-state index is 9.98. The molecule has 50 valence electrons. The first-order valence-electron chi connectivity index (χ1n) is 2.32. The third-order valence-corrected chi connectivity index (χ3v) is 0.720. The fraction of sp³-hybridized carbons (Fsp3) is 0.167. The van der Waals surface area contributed by atoms with Crippen LogP contribution in [0.3, 0.4) is 0 Å². The third-order valence-electron chi connectivity index (χ3n) is 0.720. The monoisotopic (exact) mass is 128 g/mol. The van der Waals surface area contributed by atoms with Crippen molar-refractivity contribution < 1.29 is 15.0 Å². The Balaban J connectivity index is 3.79. The van der Waals surface area contributed by atoms with Crippen molar-refractivity contribution in [1.29, 1.82) is 0 Å². The first-order chi connectivity index (χ1) is 4.04. The summed E-state index contributed by atoms with van der Waals surface area (Å²) in [5.74, 6) is -1.28. The van der Waals surface area contributed by atoms with Crippen LogP contribution in [0.25, 0.3) is 0 Å². The highest BCUT2D eigenvalue weighted by molar-refractivity contribution is 5.86. The smallest absolute Gasteiger partial charge is 0.331 e. The molecule has 2 N–H and O–H groups in total. The van der Waals surface area contributed by atoms with Gasteiger partial charge in [0, 0.05) is 12.0 Å². The van der Waals surface area contributed by atoms with E-state index >= 15 is 0 Å². The molecule has 0 saturated heterocycles. The lowest BCUT2D eigenvalue weighted by Crippen LogP contribution is -1.99. The number of allylic oxidation sites excluding steroid dienone is 1. The Morgan fingerprint density at radius 1 is 1.33 bits per heavy atom. The lowest BCUT2D eigenvalue weighted by molar-refractivity contribution is -0.132. The van der Waals surface area contributed by atoms with E-state index < -0.39 is 5.97 Å². The number of carbonyl (C=O) groups is 1. The molecule has 0 atom stereocenters. The third kappa shape index (κ3) is 3.34. The van der Waals surface area contributed by atoms with Crippen LogP contribution in [0.15, 0.2) is 24.5 Å². The molecule has 0 aromatic rings. The van der Waals surface area contributed by atoms with Gasteiger partial charge in [-0.25, -0.2) is 4.79 Å². The summed E-state index contributed by atoms with van der Waals surface area (Å²) in [6.45, 7) is 6.28. The van der Waals surface area contributed by atoms with Crippen LogP contribution in [-0.4, -0.2) is 16.2 Å². The minimum Gasteiger partial charge on any atom is -0.513 e. The topological polar surface area (TPSA) is 57.5 Å². The van der Waals surface area contributed by atoms with Gasteiger partial charge in [-0.2, -0.15) is 0 Å². The zero-order chi connectivity index (χ0) is 7.44. The second-order valence-corrected chi connectivity index (χ2v) is 1.65. The molecule has 0 rings (SSSR count). The highest BCUT2D eigenvalue weighted by Gasteiger charge is 2.03. The van der Waals surface area contributed by atoms with E-state index in [1.807, 2.05) is 0 Å².